The van der Waals surface area contributed by atoms with Crippen molar-refractivity contribution in [3.8, 4) is 11.5 Å². The zero-order valence-electron chi connectivity index (χ0n) is 18.9. The lowest BCUT2D eigenvalue weighted by molar-refractivity contribution is 0.251. The van der Waals surface area contributed by atoms with E-state index >= 15 is 0 Å². The van der Waals surface area contributed by atoms with Crippen LogP contribution < -0.4 is 29.3 Å². The maximum Gasteiger partial charge on any atom is 0.330 e. The Hall–Kier alpha value is -4.12. The smallest absolute Gasteiger partial charge is 0.330 e. The van der Waals surface area contributed by atoms with E-state index in [9.17, 15) is 9.00 Å². The fourth-order valence-electron chi connectivity index (χ4n) is 3.47. The molecule has 1 aromatic heterocycles. The molecule has 0 bridgehead atoms. The molecule has 2 N–H and O–H groups in total. The van der Waals surface area contributed by atoms with Gasteiger partial charge < -0.3 is 14.8 Å². The molecule has 0 saturated heterocycles. The Bertz CT molecular complexity index is 1250. The first-order chi connectivity index (χ1) is 16.4. The molecule has 2 heterocycles. The second-order valence-electron chi connectivity index (χ2n) is 7.28. The highest BCUT2D eigenvalue weighted by Gasteiger charge is 2.31. The summed E-state index contributed by atoms with van der Waals surface area (Å²) in [5, 5.41) is 4.42. The number of fused-ring (bicyclic) bond motifs is 1. The number of carbonyl (C=O) groups is 1. The highest BCUT2D eigenvalue weighted by atomic mass is 32.2. The molecule has 2 amide bonds. The molecule has 0 fully saturated rings. The number of carbonyl (C=O) groups excluding carboxylic acids is 1. The number of rotatable bonds is 8. The van der Waals surface area contributed by atoms with Gasteiger partial charge in [-0.3, -0.25) is 14.5 Å². The monoisotopic (exact) mass is 480 g/mol. The van der Waals surface area contributed by atoms with Gasteiger partial charge in [-0.2, -0.15) is 4.98 Å². The van der Waals surface area contributed by atoms with Gasteiger partial charge in [-0.05, 0) is 12.1 Å². The van der Waals surface area contributed by atoms with E-state index in [-0.39, 0.29) is 12.6 Å². The van der Waals surface area contributed by atoms with Crippen LogP contribution in [0.1, 0.15) is 5.56 Å². The average molecular weight is 481 g/mol. The number of urea groups is 1. The molecule has 0 spiro atoms. The first-order valence-corrected chi connectivity index (χ1v) is 11.4. The number of anilines is 5. The Morgan fingerprint density at radius 1 is 1.12 bits per heavy atom. The quantitative estimate of drug-likeness (QED) is 0.501. The molecule has 0 radical (unpaired) electrons. The van der Waals surface area contributed by atoms with Gasteiger partial charge in [0.2, 0.25) is 5.95 Å². The zero-order chi connectivity index (χ0) is 24.2. The van der Waals surface area contributed by atoms with Crippen LogP contribution in [0.4, 0.5) is 33.6 Å². The second-order valence-corrected chi connectivity index (χ2v) is 8.41. The van der Waals surface area contributed by atoms with E-state index in [1.165, 1.54) is 10.3 Å². The Labute approximate surface area is 199 Å². The number of aromatic nitrogens is 2. The van der Waals surface area contributed by atoms with Crippen molar-refractivity contribution in [2.24, 2.45) is 0 Å². The number of hydrogen-bond acceptors (Lipinski definition) is 7. The van der Waals surface area contributed by atoms with Crippen LogP contribution in [0.5, 0.6) is 11.5 Å². The molecule has 1 atom stereocenters. The van der Waals surface area contributed by atoms with Crippen molar-refractivity contribution < 1.29 is 18.5 Å². The molecule has 34 heavy (non-hydrogen) atoms. The summed E-state index contributed by atoms with van der Waals surface area (Å²) in [6, 6.07) is 12.3. The third-order valence-electron chi connectivity index (χ3n) is 5.19. The van der Waals surface area contributed by atoms with Crippen molar-refractivity contribution in [3.63, 3.8) is 0 Å². The molecule has 3 aromatic rings. The van der Waals surface area contributed by atoms with E-state index in [1.54, 1.807) is 62.7 Å². The van der Waals surface area contributed by atoms with Crippen molar-refractivity contribution >= 4 is 45.8 Å². The van der Waals surface area contributed by atoms with Gasteiger partial charge >= 0.3 is 6.03 Å². The van der Waals surface area contributed by atoms with Crippen molar-refractivity contribution in [1.29, 1.82) is 0 Å². The summed E-state index contributed by atoms with van der Waals surface area (Å²) in [7, 11) is 3.35. The first kappa shape index (κ1) is 23.1. The lowest BCUT2D eigenvalue weighted by Gasteiger charge is -2.34. The van der Waals surface area contributed by atoms with Gasteiger partial charge in [0.05, 0.1) is 37.8 Å². The van der Waals surface area contributed by atoms with Crippen LogP contribution in [0.25, 0.3) is 0 Å². The van der Waals surface area contributed by atoms with Crippen molar-refractivity contribution in [2.45, 2.75) is 6.54 Å². The second kappa shape index (κ2) is 9.79. The van der Waals surface area contributed by atoms with Gasteiger partial charge in [-0.1, -0.05) is 18.7 Å². The minimum absolute atomic E-state index is 0.254. The molecular weight excluding hydrogens is 456 g/mol. The molecule has 1 aliphatic heterocycles. The fraction of sp³-hybridized carbons (Fsp3) is 0.174. The van der Waals surface area contributed by atoms with Gasteiger partial charge in [0.1, 0.15) is 28.3 Å². The third-order valence-corrected chi connectivity index (χ3v) is 5.91. The minimum Gasteiger partial charge on any atom is -0.497 e. The van der Waals surface area contributed by atoms with Crippen LogP contribution in [0, 0.1) is 0 Å². The molecule has 11 heteroatoms. The molecule has 2 aromatic carbocycles. The number of nitrogens with one attached hydrogen (secondary N) is 2. The van der Waals surface area contributed by atoms with Crippen LogP contribution >= 0.6 is 0 Å². The van der Waals surface area contributed by atoms with Gasteiger partial charge in [0.15, 0.2) is 0 Å². The summed E-state index contributed by atoms with van der Waals surface area (Å²) >= 11 is 0. The first-order valence-electron chi connectivity index (χ1n) is 10.2. The number of ether oxygens (including phenoxy) is 2. The van der Waals surface area contributed by atoms with Crippen molar-refractivity contribution in [1.82, 2.24) is 9.97 Å². The van der Waals surface area contributed by atoms with Gasteiger partial charge in [0.25, 0.3) is 0 Å². The van der Waals surface area contributed by atoms with Gasteiger partial charge in [-0.25, -0.2) is 14.0 Å². The molecule has 4 rings (SSSR count). The summed E-state index contributed by atoms with van der Waals surface area (Å²) < 4.78 is 25.4. The van der Waals surface area contributed by atoms with E-state index in [1.807, 2.05) is 12.1 Å². The van der Waals surface area contributed by atoms with Crippen molar-refractivity contribution in [2.75, 3.05) is 41.1 Å². The number of methoxy groups -OCH3 is 2. The molecular formula is C23H24N6O4S. The Kier molecular flexibility index (Phi) is 6.64. The molecule has 1 aliphatic rings. The minimum atomic E-state index is -1.43. The number of hydrogen-bond donors (Lipinski definition) is 2. The number of amides is 2. The standard InChI is InChI=1S/C23H24N6O4S/c1-5-34(31)27-20-9-7-6-8-19(20)25-22-24-13-15-14-29(23(30)28(2)21(15)26-22)16-10-17(32-3)12-18(11-16)33-4/h5-13,27H,1,14H2,2-4H3,(H,24,25,26). The Morgan fingerprint density at radius 3 is 2.44 bits per heavy atom. The van der Waals surface area contributed by atoms with E-state index in [2.05, 4.69) is 26.6 Å². The van der Waals surface area contributed by atoms with E-state index in [0.717, 1.165) is 5.56 Å². The van der Waals surface area contributed by atoms with Crippen LogP contribution in [0.2, 0.25) is 0 Å². The molecule has 176 valence electrons. The fourth-order valence-corrected chi connectivity index (χ4v) is 3.95. The Morgan fingerprint density at radius 2 is 1.79 bits per heavy atom. The summed E-state index contributed by atoms with van der Waals surface area (Å²) in [6.07, 6.45) is 1.68. The summed E-state index contributed by atoms with van der Waals surface area (Å²) in [5.41, 5.74) is 2.64. The van der Waals surface area contributed by atoms with E-state index < -0.39 is 11.0 Å². The average Bonchev–Trinajstić information content (AvgIpc) is 2.87. The molecule has 0 aliphatic carbocycles. The van der Waals surface area contributed by atoms with Crippen LogP contribution in [-0.4, -0.2) is 41.5 Å². The summed E-state index contributed by atoms with van der Waals surface area (Å²) in [4.78, 5) is 25.3. The highest BCUT2D eigenvalue weighted by Crippen LogP contribution is 2.34. The summed E-state index contributed by atoms with van der Waals surface area (Å²) in [6.45, 7) is 3.80. The van der Waals surface area contributed by atoms with Crippen molar-refractivity contribution in [3.05, 3.63) is 66.2 Å². The molecule has 1 unspecified atom stereocenters. The van der Waals surface area contributed by atoms with Gasteiger partial charge in [-0.15, -0.1) is 0 Å². The number of para-hydroxylation sites is 2. The van der Waals surface area contributed by atoms with E-state index in [0.29, 0.717) is 40.3 Å². The predicted octanol–water partition coefficient (Wildman–Crippen LogP) is 4.03. The maximum atomic E-state index is 13.2. The van der Waals surface area contributed by atoms with Gasteiger partial charge in [0, 0.05) is 42.4 Å². The third kappa shape index (κ3) is 4.64. The maximum absolute atomic E-state index is 13.2. The largest absolute Gasteiger partial charge is 0.497 e. The van der Waals surface area contributed by atoms with Crippen LogP contribution in [0.3, 0.4) is 0 Å². The lowest BCUT2D eigenvalue weighted by Crippen LogP contribution is -2.46. The molecule has 0 saturated carbocycles. The number of benzene rings is 2. The molecule has 10 nitrogen and oxygen atoms in total. The van der Waals surface area contributed by atoms with Crippen LogP contribution in [-0.2, 0) is 17.5 Å². The van der Waals surface area contributed by atoms with Crippen LogP contribution in [0.15, 0.2) is 60.6 Å². The lowest BCUT2D eigenvalue weighted by atomic mass is 10.2. The Balaban J connectivity index is 1.62. The van der Waals surface area contributed by atoms with E-state index in [4.69, 9.17) is 9.47 Å². The summed E-state index contributed by atoms with van der Waals surface area (Å²) in [5.74, 6) is 1.95. The predicted molar refractivity (Wildman–Crippen MR) is 133 cm³/mol. The number of nitrogens with zero attached hydrogens (tertiary/aromatic N) is 4. The highest BCUT2D eigenvalue weighted by molar-refractivity contribution is 7.89. The SMILES string of the molecule is C=CS(=O)Nc1ccccc1Nc1ncc2c(n1)N(C)C(=O)N(c1cc(OC)cc(OC)c1)C2. The normalized spacial score (nSPS) is 13.7. The zero-order valence-corrected chi connectivity index (χ0v) is 19.8. The topological polar surface area (TPSA) is 109 Å².